The number of ether oxygens (including phenoxy) is 1. The van der Waals surface area contributed by atoms with Crippen LogP contribution in [0.15, 0.2) is 24.3 Å². The first-order valence-corrected chi connectivity index (χ1v) is 10.5. The minimum Gasteiger partial charge on any atom is -0.444 e. The Kier molecular flexibility index (Phi) is 6.45. The summed E-state index contributed by atoms with van der Waals surface area (Å²) in [6.45, 7) is 8.32. The zero-order chi connectivity index (χ0) is 21.0. The van der Waals surface area contributed by atoms with E-state index in [0.717, 1.165) is 36.1 Å². The molecule has 3 rings (SSSR count). The third-order valence-electron chi connectivity index (χ3n) is 5.19. The van der Waals surface area contributed by atoms with Gasteiger partial charge in [0.05, 0.1) is 17.1 Å². The first kappa shape index (κ1) is 21.1. The molecule has 7 nitrogen and oxygen atoms in total. The van der Waals surface area contributed by atoms with Gasteiger partial charge in [-0.05, 0) is 58.6 Å². The van der Waals surface area contributed by atoms with Crippen molar-refractivity contribution < 1.29 is 14.3 Å². The number of rotatable bonds is 6. The lowest BCUT2D eigenvalue weighted by atomic mass is 10.1. The summed E-state index contributed by atoms with van der Waals surface area (Å²) in [6, 6.07) is 7.75. The van der Waals surface area contributed by atoms with E-state index < -0.39 is 5.60 Å². The van der Waals surface area contributed by atoms with Crippen molar-refractivity contribution in [2.24, 2.45) is 0 Å². The summed E-state index contributed by atoms with van der Waals surface area (Å²) in [5, 5.41) is 3.08. The van der Waals surface area contributed by atoms with Crippen molar-refractivity contribution in [3.05, 3.63) is 30.1 Å². The molecule has 1 aliphatic heterocycles. The Morgan fingerprint density at radius 3 is 2.79 bits per heavy atom. The number of imidazole rings is 1. The Labute approximate surface area is 172 Å². The number of aromatic amines is 1. The molecule has 29 heavy (non-hydrogen) atoms. The van der Waals surface area contributed by atoms with Gasteiger partial charge in [-0.25, -0.2) is 9.78 Å². The number of amides is 2. The number of nitrogens with zero attached hydrogens (tertiary/aromatic N) is 2. The maximum absolute atomic E-state index is 12.6. The number of hydrogen-bond donors (Lipinski definition) is 2. The number of carbonyl (C=O) groups is 2. The monoisotopic (exact) mass is 400 g/mol. The third-order valence-corrected chi connectivity index (χ3v) is 5.19. The van der Waals surface area contributed by atoms with Crippen LogP contribution in [0.1, 0.15) is 71.7 Å². The molecule has 0 radical (unpaired) electrons. The highest BCUT2D eigenvalue weighted by molar-refractivity contribution is 5.77. The van der Waals surface area contributed by atoms with E-state index in [1.165, 1.54) is 0 Å². The summed E-state index contributed by atoms with van der Waals surface area (Å²) >= 11 is 0. The van der Waals surface area contributed by atoms with Gasteiger partial charge in [-0.1, -0.05) is 19.1 Å². The van der Waals surface area contributed by atoms with Crippen molar-refractivity contribution in [2.45, 2.75) is 77.5 Å². The largest absolute Gasteiger partial charge is 0.444 e. The van der Waals surface area contributed by atoms with Crippen LogP contribution in [0.2, 0.25) is 0 Å². The van der Waals surface area contributed by atoms with E-state index in [0.29, 0.717) is 19.4 Å². The van der Waals surface area contributed by atoms with Gasteiger partial charge in [0.15, 0.2) is 0 Å². The predicted molar refractivity (Wildman–Crippen MR) is 112 cm³/mol. The average Bonchev–Trinajstić information content (AvgIpc) is 3.29. The van der Waals surface area contributed by atoms with E-state index >= 15 is 0 Å². The molecule has 2 atom stereocenters. The van der Waals surface area contributed by atoms with Crippen LogP contribution in [-0.4, -0.2) is 45.1 Å². The molecule has 2 amide bonds. The van der Waals surface area contributed by atoms with Gasteiger partial charge in [0.2, 0.25) is 5.91 Å². The van der Waals surface area contributed by atoms with E-state index in [9.17, 15) is 9.59 Å². The fourth-order valence-corrected chi connectivity index (χ4v) is 3.76. The van der Waals surface area contributed by atoms with Crippen molar-refractivity contribution in [1.82, 2.24) is 20.2 Å². The lowest BCUT2D eigenvalue weighted by molar-refractivity contribution is -0.122. The molecule has 0 unspecified atom stereocenters. The molecule has 2 aromatic rings. The van der Waals surface area contributed by atoms with Crippen LogP contribution in [0.3, 0.4) is 0 Å². The quantitative estimate of drug-likeness (QED) is 0.756. The molecule has 0 spiro atoms. The highest BCUT2D eigenvalue weighted by atomic mass is 16.6. The lowest BCUT2D eigenvalue weighted by Crippen LogP contribution is -2.40. The zero-order valence-electron chi connectivity index (χ0n) is 17.8. The van der Waals surface area contributed by atoms with E-state index in [4.69, 9.17) is 4.74 Å². The molecular formula is C22H32N4O3. The number of hydrogen-bond acceptors (Lipinski definition) is 4. The van der Waals surface area contributed by atoms with E-state index in [-0.39, 0.29) is 24.1 Å². The van der Waals surface area contributed by atoms with Gasteiger partial charge in [-0.3, -0.25) is 4.79 Å². The average molecular weight is 401 g/mol. The van der Waals surface area contributed by atoms with E-state index in [2.05, 4.69) is 15.3 Å². The normalized spacial score (nSPS) is 18.1. The van der Waals surface area contributed by atoms with E-state index in [1.807, 2.05) is 52.0 Å². The molecule has 158 valence electrons. The second-order valence-corrected chi connectivity index (χ2v) is 8.68. The summed E-state index contributed by atoms with van der Waals surface area (Å²) in [7, 11) is 0. The van der Waals surface area contributed by atoms with Gasteiger partial charge < -0.3 is 19.9 Å². The van der Waals surface area contributed by atoms with Crippen LogP contribution < -0.4 is 5.32 Å². The topological polar surface area (TPSA) is 87.3 Å². The Hall–Kier alpha value is -2.57. The highest BCUT2D eigenvalue weighted by Crippen LogP contribution is 2.24. The van der Waals surface area contributed by atoms with Crippen molar-refractivity contribution >= 4 is 23.0 Å². The molecule has 1 aromatic heterocycles. The minimum absolute atomic E-state index is 0.0201. The minimum atomic E-state index is -0.511. The van der Waals surface area contributed by atoms with Crippen molar-refractivity contribution in [3.63, 3.8) is 0 Å². The smallest absolute Gasteiger partial charge is 0.410 e. The number of likely N-dealkylation sites (tertiary alicyclic amines) is 1. The number of fused-ring (bicyclic) bond motifs is 1. The Morgan fingerprint density at radius 2 is 2.10 bits per heavy atom. The molecule has 0 saturated carbocycles. The molecule has 1 fully saturated rings. The number of H-pyrrole nitrogens is 1. The highest BCUT2D eigenvalue weighted by Gasteiger charge is 2.32. The SMILES string of the molecule is CC[C@@H](NC(=O)CC[C@@H]1CCCN1C(=O)OC(C)(C)C)c1nc2ccccc2[nH]1. The number of benzene rings is 1. The number of aromatic nitrogens is 2. The van der Waals surface area contributed by atoms with Crippen LogP contribution in [0.5, 0.6) is 0 Å². The molecule has 2 heterocycles. The summed E-state index contributed by atoms with van der Waals surface area (Å²) in [5.41, 5.74) is 1.35. The van der Waals surface area contributed by atoms with Crippen LogP contribution in [0.4, 0.5) is 4.79 Å². The molecule has 1 saturated heterocycles. The third kappa shape index (κ3) is 5.49. The standard InChI is InChI=1S/C22H32N4O3/c1-5-16(20-24-17-10-6-7-11-18(17)25-20)23-19(27)13-12-15-9-8-14-26(15)21(28)29-22(2,3)4/h6-7,10-11,15-16H,5,8-9,12-14H2,1-4H3,(H,23,27)(H,24,25)/t15-,16+/m0/s1. The van der Waals surface area contributed by atoms with Gasteiger partial charge in [0, 0.05) is 19.0 Å². The van der Waals surface area contributed by atoms with Crippen LogP contribution in [0, 0.1) is 0 Å². The maximum Gasteiger partial charge on any atom is 0.410 e. The number of nitrogens with one attached hydrogen (secondary N) is 2. The molecule has 2 N–H and O–H groups in total. The zero-order valence-corrected chi connectivity index (χ0v) is 17.8. The second kappa shape index (κ2) is 8.84. The van der Waals surface area contributed by atoms with Crippen LogP contribution >= 0.6 is 0 Å². The first-order valence-electron chi connectivity index (χ1n) is 10.5. The van der Waals surface area contributed by atoms with Crippen molar-refractivity contribution in [2.75, 3.05) is 6.54 Å². The van der Waals surface area contributed by atoms with Gasteiger partial charge in [0.1, 0.15) is 11.4 Å². The lowest BCUT2D eigenvalue weighted by Gasteiger charge is -2.28. The van der Waals surface area contributed by atoms with Gasteiger partial charge in [-0.2, -0.15) is 0 Å². The molecule has 1 aliphatic rings. The fourth-order valence-electron chi connectivity index (χ4n) is 3.76. The summed E-state index contributed by atoms with van der Waals surface area (Å²) in [6.07, 6.45) is 3.34. The van der Waals surface area contributed by atoms with Gasteiger partial charge in [0.25, 0.3) is 0 Å². The number of carbonyl (C=O) groups excluding carboxylic acids is 2. The Balaban J connectivity index is 1.54. The Bertz CT molecular complexity index is 822. The Morgan fingerprint density at radius 1 is 1.34 bits per heavy atom. The second-order valence-electron chi connectivity index (χ2n) is 8.68. The first-order chi connectivity index (χ1) is 13.8. The van der Waals surface area contributed by atoms with Crippen LogP contribution in [0.25, 0.3) is 11.0 Å². The predicted octanol–water partition coefficient (Wildman–Crippen LogP) is 4.31. The molecule has 0 aliphatic carbocycles. The van der Waals surface area contributed by atoms with Crippen molar-refractivity contribution in [3.8, 4) is 0 Å². The fraction of sp³-hybridized carbons (Fsp3) is 0.591. The van der Waals surface area contributed by atoms with Gasteiger partial charge in [-0.15, -0.1) is 0 Å². The van der Waals surface area contributed by atoms with Crippen molar-refractivity contribution in [1.29, 1.82) is 0 Å². The molecular weight excluding hydrogens is 368 g/mol. The van der Waals surface area contributed by atoms with Gasteiger partial charge >= 0.3 is 6.09 Å². The van der Waals surface area contributed by atoms with E-state index in [1.54, 1.807) is 4.90 Å². The molecule has 0 bridgehead atoms. The summed E-state index contributed by atoms with van der Waals surface area (Å²) in [5.74, 6) is 0.756. The molecule has 1 aromatic carbocycles. The number of para-hydroxylation sites is 2. The maximum atomic E-state index is 12.6. The summed E-state index contributed by atoms with van der Waals surface area (Å²) < 4.78 is 5.50. The summed E-state index contributed by atoms with van der Waals surface area (Å²) in [4.78, 5) is 34.7. The van der Waals surface area contributed by atoms with Crippen LogP contribution in [-0.2, 0) is 9.53 Å². The molecule has 7 heteroatoms.